The van der Waals surface area contributed by atoms with Crippen LogP contribution in [0.1, 0.15) is 32.6 Å². The first-order valence-electron chi connectivity index (χ1n) is 4.06. The molecule has 2 N–H and O–H groups in total. The molecular formula is C8H16O2. The molecule has 0 aromatic rings. The number of aliphatic hydroxyl groups excluding tert-OH is 2. The molecule has 1 rings (SSSR count). The van der Waals surface area contributed by atoms with Gasteiger partial charge in [0, 0.05) is 0 Å². The Morgan fingerprint density at radius 1 is 1.20 bits per heavy atom. The summed E-state index contributed by atoms with van der Waals surface area (Å²) in [4.78, 5) is 0. The smallest absolute Gasteiger partial charge is 0.0540 e. The van der Waals surface area contributed by atoms with Gasteiger partial charge >= 0.3 is 0 Å². The van der Waals surface area contributed by atoms with E-state index in [2.05, 4.69) is 0 Å². The maximum absolute atomic E-state index is 9.18. The van der Waals surface area contributed by atoms with Gasteiger partial charge in [0.05, 0.1) is 12.2 Å². The molecule has 2 nitrogen and oxygen atoms in total. The van der Waals surface area contributed by atoms with Gasteiger partial charge in [-0.3, -0.25) is 0 Å². The van der Waals surface area contributed by atoms with Gasteiger partial charge in [-0.2, -0.15) is 0 Å². The van der Waals surface area contributed by atoms with Gasteiger partial charge in [-0.15, -0.1) is 0 Å². The summed E-state index contributed by atoms with van der Waals surface area (Å²) in [7, 11) is 0. The van der Waals surface area contributed by atoms with Crippen LogP contribution in [0.5, 0.6) is 0 Å². The van der Waals surface area contributed by atoms with Crippen LogP contribution in [0.4, 0.5) is 0 Å². The van der Waals surface area contributed by atoms with E-state index in [1.165, 1.54) is 0 Å². The minimum absolute atomic E-state index is 0.102. The van der Waals surface area contributed by atoms with Gasteiger partial charge < -0.3 is 10.2 Å². The van der Waals surface area contributed by atoms with Crippen molar-refractivity contribution in [3.8, 4) is 0 Å². The third-order valence-corrected chi connectivity index (χ3v) is 2.42. The molecule has 10 heavy (non-hydrogen) atoms. The third kappa shape index (κ3) is 1.96. The lowest BCUT2D eigenvalue weighted by Gasteiger charge is -2.27. The van der Waals surface area contributed by atoms with E-state index in [9.17, 15) is 5.11 Å². The van der Waals surface area contributed by atoms with E-state index >= 15 is 0 Å². The van der Waals surface area contributed by atoms with E-state index in [4.69, 9.17) is 5.11 Å². The Morgan fingerprint density at radius 2 is 1.70 bits per heavy atom. The SMILES string of the molecule is CC(O)C1CCC(O)CC1. The van der Waals surface area contributed by atoms with Gasteiger partial charge in [0.1, 0.15) is 0 Å². The predicted molar refractivity (Wildman–Crippen MR) is 39.6 cm³/mol. The van der Waals surface area contributed by atoms with Gasteiger partial charge in [-0.05, 0) is 38.5 Å². The van der Waals surface area contributed by atoms with Crippen LogP contribution in [-0.2, 0) is 0 Å². The second-order valence-corrected chi connectivity index (χ2v) is 3.31. The van der Waals surface area contributed by atoms with Crippen molar-refractivity contribution in [3.63, 3.8) is 0 Å². The van der Waals surface area contributed by atoms with Crippen LogP contribution in [-0.4, -0.2) is 22.4 Å². The van der Waals surface area contributed by atoms with Crippen molar-refractivity contribution in [3.05, 3.63) is 0 Å². The van der Waals surface area contributed by atoms with Gasteiger partial charge in [-0.25, -0.2) is 0 Å². The molecule has 60 valence electrons. The fourth-order valence-electron chi connectivity index (χ4n) is 1.58. The van der Waals surface area contributed by atoms with Crippen LogP contribution in [0, 0.1) is 5.92 Å². The van der Waals surface area contributed by atoms with Gasteiger partial charge in [0.2, 0.25) is 0 Å². The molecule has 2 heteroatoms. The van der Waals surface area contributed by atoms with Crippen molar-refractivity contribution in [2.24, 2.45) is 5.92 Å². The van der Waals surface area contributed by atoms with Crippen molar-refractivity contribution >= 4 is 0 Å². The lowest BCUT2D eigenvalue weighted by molar-refractivity contribution is 0.0512. The third-order valence-electron chi connectivity index (χ3n) is 2.42. The van der Waals surface area contributed by atoms with Crippen LogP contribution >= 0.6 is 0 Å². The number of hydrogen-bond donors (Lipinski definition) is 2. The highest BCUT2D eigenvalue weighted by Crippen LogP contribution is 2.26. The van der Waals surface area contributed by atoms with Crippen molar-refractivity contribution in [1.82, 2.24) is 0 Å². The quantitative estimate of drug-likeness (QED) is 0.574. The Morgan fingerprint density at radius 3 is 2.10 bits per heavy atom. The first-order chi connectivity index (χ1) is 4.70. The summed E-state index contributed by atoms with van der Waals surface area (Å²) in [5, 5.41) is 18.3. The van der Waals surface area contributed by atoms with Crippen molar-refractivity contribution in [1.29, 1.82) is 0 Å². The zero-order chi connectivity index (χ0) is 7.56. The van der Waals surface area contributed by atoms with Gasteiger partial charge in [-0.1, -0.05) is 0 Å². The van der Waals surface area contributed by atoms with Crippen LogP contribution in [0.2, 0.25) is 0 Å². The molecule has 1 atom stereocenters. The molecular weight excluding hydrogens is 128 g/mol. The van der Waals surface area contributed by atoms with Crippen molar-refractivity contribution < 1.29 is 10.2 Å². The molecule has 1 fully saturated rings. The van der Waals surface area contributed by atoms with E-state index in [1.54, 1.807) is 0 Å². The monoisotopic (exact) mass is 144 g/mol. The fourth-order valence-corrected chi connectivity index (χ4v) is 1.58. The Hall–Kier alpha value is -0.0800. The minimum Gasteiger partial charge on any atom is -0.393 e. The Labute approximate surface area is 61.9 Å². The van der Waals surface area contributed by atoms with Gasteiger partial charge in [0.15, 0.2) is 0 Å². The number of rotatable bonds is 1. The normalized spacial score (nSPS) is 37.5. The highest BCUT2D eigenvalue weighted by atomic mass is 16.3. The maximum atomic E-state index is 9.18. The molecule has 1 unspecified atom stereocenters. The average Bonchev–Trinajstić information content (AvgIpc) is 1.88. The van der Waals surface area contributed by atoms with E-state index in [1.807, 2.05) is 6.92 Å². The molecule has 0 aromatic carbocycles. The van der Waals surface area contributed by atoms with Crippen molar-refractivity contribution in [2.75, 3.05) is 0 Å². The first-order valence-corrected chi connectivity index (χ1v) is 4.06. The van der Waals surface area contributed by atoms with E-state index in [-0.39, 0.29) is 12.2 Å². The zero-order valence-corrected chi connectivity index (χ0v) is 6.45. The lowest BCUT2D eigenvalue weighted by Crippen LogP contribution is -2.25. The summed E-state index contributed by atoms with van der Waals surface area (Å²) in [6.45, 7) is 1.84. The summed E-state index contributed by atoms with van der Waals surface area (Å²) in [5.74, 6) is 0.434. The topological polar surface area (TPSA) is 40.5 Å². The molecule has 0 aromatic heterocycles. The van der Waals surface area contributed by atoms with Gasteiger partial charge in [0.25, 0.3) is 0 Å². The Kier molecular flexibility index (Phi) is 2.69. The highest BCUT2D eigenvalue weighted by Gasteiger charge is 2.22. The summed E-state index contributed by atoms with van der Waals surface area (Å²) < 4.78 is 0. The molecule has 0 heterocycles. The Balaban J connectivity index is 2.26. The van der Waals surface area contributed by atoms with E-state index in [0.717, 1.165) is 25.7 Å². The molecule has 0 radical (unpaired) electrons. The van der Waals surface area contributed by atoms with Crippen LogP contribution in [0.3, 0.4) is 0 Å². The zero-order valence-electron chi connectivity index (χ0n) is 6.45. The molecule has 0 spiro atoms. The summed E-state index contributed by atoms with van der Waals surface area (Å²) in [5.41, 5.74) is 0. The number of hydrogen-bond acceptors (Lipinski definition) is 2. The Bertz CT molecular complexity index is 93.4. The fraction of sp³-hybridized carbons (Fsp3) is 1.00. The van der Waals surface area contributed by atoms with E-state index in [0.29, 0.717) is 5.92 Å². The predicted octanol–water partition coefficient (Wildman–Crippen LogP) is 0.918. The first kappa shape index (κ1) is 8.02. The molecule has 0 aliphatic heterocycles. The maximum Gasteiger partial charge on any atom is 0.0540 e. The minimum atomic E-state index is -0.188. The summed E-state index contributed by atoms with van der Waals surface area (Å²) in [6.07, 6.45) is 3.42. The van der Waals surface area contributed by atoms with Crippen LogP contribution in [0.25, 0.3) is 0 Å². The molecule has 0 amide bonds. The van der Waals surface area contributed by atoms with Crippen molar-refractivity contribution in [2.45, 2.75) is 44.8 Å². The van der Waals surface area contributed by atoms with Crippen LogP contribution < -0.4 is 0 Å². The summed E-state index contributed by atoms with van der Waals surface area (Å²) in [6, 6.07) is 0. The molecule has 1 aliphatic rings. The van der Waals surface area contributed by atoms with E-state index < -0.39 is 0 Å². The molecule has 1 saturated carbocycles. The summed E-state index contributed by atoms with van der Waals surface area (Å²) >= 11 is 0. The molecule has 0 bridgehead atoms. The highest BCUT2D eigenvalue weighted by molar-refractivity contribution is 4.74. The second-order valence-electron chi connectivity index (χ2n) is 3.31. The molecule has 1 aliphatic carbocycles. The second kappa shape index (κ2) is 3.35. The largest absolute Gasteiger partial charge is 0.393 e. The number of aliphatic hydroxyl groups is 2. The molecule has 0 saturated heterocycles. The lowest BCUT2D eigenvalue weighted by atomic mass is 9.84. The standard InChI is InChI=1S/C8H16O2/c1-6(9)7-2-4-8(10)5-3-7/h6-10H,2-5H2,1H3. The van der Waals surface area contributed by atoms with Crippen LogP contribution in [0.15, 0.2) is 0 Å². The average molecular weight is 144 g/mol.